The van der Waals surface area contributed by atoms with Gasteiger partial charge in [-0.05, 0) is 32.9 Å². The quantitative estimate of drug-likeness (QED) is 0.821. The molecule has 0 aliphatic carbocycles. The van der Waals surface area contributed by atoms with Crippen LogP contribution in [0.2, 0.25) is 0 Å². The van der Waals surface area contributed by atoms with Gasteiger partial charge in [0, 0.05) is 0 Å². The Hall–Kier alpha value is -0.780. The highest BCUT2D eigenvalue weighted by Gasteiger charge is 2.55. The summed E-state index contributed by atoms with van der Waals surface area (Å²) in [5.74, 6) is -1.41. The predicted octanol–water partition coefficient (Wildman–Crippen LogP) is 2.27. The SMILES string of the molecule is CC(CC(=O)O)(N1CCCCC1)C(F)(F)F. The van der Waals surface area contributed by atoms with Crippen LogP contribution in [0.4, 0.5) is 13.2 Å². The summed E-state index contributed by atoms with van der Waals surface area (Å²) in [6.07, 6.45) is -3.09. The molecule has 1 rings (SSSR count). The second-order valence-corrected chi connectivity index (χ2v) is 4.39. The summed E-state index contributed by atoms with van der Waals surface area (Å²) in [6.45, 7) is 1.62. The van der Waals surface area contributed by atoms with Crippen molar-refractivity contribution < 1.29 is 23.1 Å². The van der Waals surface area contributed by atoms with Gasteiger partial charge < -0.3 is 5.11 Å². The van der Waals surface area contributed by atoms with Crippen molar-refractivity contribution in [1.29, 1.82) is 0 Å². The normalized spacial score (nSPS) is 22.8. The van der Waals surface area contributed by atoms with Crippen molar-refractivity contribution in [3.63, 3.8) is 0 Å². The van der Waals surface area contributed by atoms with Crippen LogP contribution in [-0.2, 0) is 4.79 Å². The van der Waals surface area contributed by atoms with Crippen LogP contribution in [0.15, 0.2) is 0 Å². The van der Waals surface area contributed by atoms with Crippen LogP contribution < -0.4 is 0 Å². The van der Waals surface area contributed by atoms with Crippen LogP contribution in [-0.4, -0.2) is 40.8 Å². The number of rotatable bonds is 3. The molecule has 0 radical (unpaired) electrons. The van der Waals surface area contributed by atoms with Gasteiger partial charge >= 0.3 is 12.1 Å². The molecule has 6 heteroatoms. The molecule has 1 unspecified atom stereocenters. The van der Waals surface area contributed by atoms with Crippen molar-refractivity contribution >= 4 is 5.97 Å². The second-order valence-electron chi connectivity index (χ2n) is 4.39. The molecule has 1 atom stereocenters. The highest BCUT2D eigenvalue weighted by molar-refractivity contribution is 5.68. The molecule has 1 aliphatic heterocycles. The van der Waals surface area contributed by atoms with Gasteiger partial charge in [-0.1, -0.05) is 6.42 Å². The Morgan fingerprint density at radius 3 is 2.12 bits per heavy atom. The zero-order chi connectivity index (χ0) is 12.4. The maximum atomic E-state index is 12.9. The van der Waals surface area contributed by atoms with Crippen molar-refractivity contribution in [1.82, 2.24) is 4.90 Å². The van der Waals surface area contributed by atoms with Crippen LogP contribution in [0.25, 0.3) is 0 Å². The number of likely N-dealkylation sites (tertiary alicyclic amines) is 1. The van der Waals surface area contributed by atoms with E-state index in [1.165, 1.54) is 4.90 Å². The summed E-state index contributed by atoms with van der Waals surface area (Å²) >= 11 is 0. The zero-order valence-electron chi connectivity index (χ0n) is 9.18. The summed E-state index contributed by atoms with van der Waals surface area (Å²) in [7, 11) is 0. The molecule has 94 valence electrons. The van der Waals surface area contributed by atoms with Gasteiger partial charge in [0.1, 0.15) is 5.54 Å². The first-order chi connectivity index (χ1) is 7.27. The second kappa shape index (κ2) is 4.61. The number of carbonyl (C=O) groups is 1. The largest absolute Gasteiger partial charge is 0.481 e. The first kappa shape index (κ1) is 13.3. The summed E-state index contributed by atoms with van der Waals surface area (Å²) in [4.78, 5) is 11.8. The molecule has 1 heterocycles. The maximum Gasteiger partial charge on any atom is 0.407 e. The van der Waals surface area contributed by atoms with Crippen molar-refractivity contribution in [2.24, 2.45) is 0 Å². The third-order valence-electron chi connectivity index (χ3n) is 3.16. The Bertz CT molecular complexity index is 261. The van der Waals surface area contributed by atoms with Crippen molar-refractivity contribution in [3.8, 4) is 0 Å². The number of aliphatic carboxylic acids is 1. The Kier molecular flexibility index (Phi) is 3.83. The van der Waals surface area contributed by atoms with E-state index in [1.54, 1.807) is 0 Å². The number of piperidine rings is 1. The lowest BCUT2D eigenvalue weighted by atomic mass is 9.92. The monoisotopic (exact) mass is 239 g/mol. The van der Waals surface area contributed by atoms with Gasteiger partial charge in [0.25, 0.3) is 0 Å². The standard InChI is InChI=1S/C10H16F3NO2/c1-9(7-8(15)16,10(11,12)13)14-5-3-2-4-6-14/h2-7H2,1H3,(H,15,16). The molecule has 3 nitrogen and oxygen atoms in total. The van der Waals surface area contributed by atoms with Crippen molar-refractivity contribution in [2.45, 2.75) is 44.3 Å². The average Bonchev–Trinajstić information content (AvgIpc) is 2.16. The van der Waals surface area contributed by atoms with E-state index < -0.39 is 24.1 Å². The first-order valence-electron chi connectivity index (χ1n) is 5.31. The topological polar surface area (TPSA) is 40.5 Å². The Labute approximate surface area is 92.2 Å². The molecule has 1 saturated heterocycles. The number of alkyl halides is 3. The van der Waals surface area contributed by atoms with Crippen LogP contribution in [0.5, 0.6) is 0 Å². The van der Waals surface area contributed by atoms with Crippen molar-refractivity contribution in [2.75, 3.05) is 13.1 Å². The summed E-state index contributed by atoms with van der Waals surface area (Å²) in [5, 5.41) is 8.62. The maximum absolute atomic E-state index is 12.9. The minimum Gasteiger partial charge on any atom is -0.481 e. The zero-order valence-corrected chi connectivity index (χ0v) is 9.18. The number of carboxylic acid groups (broad SMARTS) is 1. The first-order valence-corrected chi connectivity index (χ1v) is 5.31. The van der Waals surface area contributed by atoms with Gasteiger partial charge in [0.05, 0.1) is 6.42 Å². The van der Waals surface area contributed by atoms with Gasteiger partial charge in [0.15, 0.2) is 0 Å². The molecule has 1 aliphatic rings. The van der Waals surface area contributed by atoms with E-state index in [4.69, 9.17) is 5.11 Å². The van der Waals surface area contributed by atoms with Crippen LogP contribution in [0.3, 0.4) is 0 Å². The van der Waals surface area contributed by atoms with Gasteiger partial charge in [-0.2, -0.15) is 13.2 Å². The lowest BCUT2D eigenvalue weighted by molar-refractivity contribution is -0.233. The summed E-state index contributed by atoms with van der Waals surface area (Å²) < 4.78 is 38.8. The lowest BCUT2D eigenvalue weighted by Gasteiger charge is -2.43. The molecule has 0 amide bonds. The van der Waals surface area contributed by atoms with Crippen LogP contribution in [0, 0.1) is 0 Å². The molecule has 16 heavy (non-hydrogen) atoms. The Morgan fingerprint density at radius 2 is 1.75 bits per heavy atom. The van der Waals surface area contributed by atoms with E-state index in [1.807, 2.05) is 0 Å². The summed E-state index contributed by atoms with van der Waals surface area (Å²) in [5.41, 5.74) is -2.24. The number of hydrogen-bond acceptors (Lipinski definition) is 2. The third-order valence-corrected chi connectivity index (χ3v) is 3.16. The fraction of sp³-hybridized carbons (Fsp3) is 0.900. The van der Waals surface area contributed by atoms with E-state index in [0.717, 1.165) is 13.3 Å². The fourth-order valence-electron chi connectivity index (χ4n) is 2.07. The molecule has 0 spiro atoms. The minimum absolute atomic E-state index is 0.323. The smallest absolute Gasteiger partial charge is 0.407 e. The molecule has 0 aromatic heterocycles. The molecule has 0 aromatic carbocycles. The minimum atomic E-state index is -4.51. The third kappa shape index (κ3) is 2.66. The molecule has 1 fully saturated rings. The van der Waals surface area contributed by atoms with E-state index in [9.17, 15) is 18.0 Å². The van der Waals surface area contributed by atoms with Gasteiger partial charge in [-0.3, -0.25) is 9.69 Å². The molecule has 1 N–H and O–H groups in total. The average molecular weight is 239 g/mol. The van der Waals surface area contributed by atoms with Crippen molar-refractivity contribution in [3.05, 3.63) is 0 Å². The van der Waals surface area contributed by atoms with E-state index in [2.05, 4.69) is 0 Å². The Morgan fingerprint density at radius 1 is 1.25 bits per heavy atom. The van der Waals surface area contributed by atoms with Gasteiger partial charge in [0.2, 0.25) is 0 Å². The Balaban J connectivity index is 2.88. The van der Waals surface area contributed by atoms with E-state index >= 15 is 0 Å². The number of carboxylic acids is 1. The number of hydrogen-bond donors (Lipinski definition) is 1. The molecule has 0 bridgehead atoms. The van der Waals surface area contributed by atoms with Gasteiger partial charge in [-0.15, -0.1) is 0 Å². The highest BCUT2D eigenvalue weighted by atomic mass is 19.4. The lowest BCUT2D eigenvalue weighted by Crippen LogP contribution is -2.59. The predicted molar refractivity (Wildman–Crippen MR) is 52.1 cm³/mol. The molecule has 0 aromatic rings. The number of nitrogens with zero attached hydrogens (tertiary/aromatic N) is 1. The van der Waals surface area contributed by atoms with Crippen LogP contribution >= 0.6 is 0 Å². The molecular formula is C10H16F3NO2. The van der Waals surface area contributed by atoms with E-state index in [-0.39, 0.29) is 0 Å². The highest BCUT2D eigenvalue weighted by Crippen LogP contribution is 2.39. The molecular weight excluding hydrogens is 223 g/mol. The van der Waals surface area contributed by atoms with Crippen LogP contribution in [0.1, 0.15) is 32.6 Å². The van der Waals surface area contributed by atoms with Gasteiger partial charge in [-0.25, -0.2) is 0 Å². The summed E-state index contributed by atoms with van der Waals surface area (Å²) in [6, 6.07) is 0. The number of halogens is 3. The van der Waals surface area contributed by atoms with E-state index in [0.29, 0.717) is 25.9 Å². The fourth-order valence-corrected chi connectivity index (χ4v) is 2.07. The molecule has 0 saturated carbocycles.